The summed E-state index contributed by atoms with van der Waals surface area (Å²) in [6.07, 6.45) is 1.79. The standard InChI is InChI=1S/C19H19ClN6O3S/c1-14-4-5-15(10-16(14)20)26-13-23-24-19(26)30-12-18(28)29-11-17(27)25(8-2-6-21)9-3-7-22/h4-5,10,13H,2-3,8-9,11-12H2,1H3. The van der Waals surface area contributed by atoms with Crippen molar-refractivity contribution in [2.75, 3.05) is 25.4 Å². The Labute approximate surface area is 183 Å². The molecule has 0 aliphatic carbocycles. The summed E-state index contributed by atoms with van der Waals surface area (Å²) in [5.41, 5.74) is 1.70. The number of ether oxygens (including phenoxy) is 1. The summed E-state index contributed by atoms with van der Waals surface area (Å²) in [6.45, 7) is 1.82. The number of carbonyl (C=O) groups is 2. The van der Waals surface area contributed by atoms with Crippen LogP contribution in [-0.4, -0.2) is 57.0 Å². The fourth-order valence-electron chi connectivity index (χ4n) is 2.36. The molecule has 9 nitrogen and oxygen atoms in total. The zero-order valence-electron chi connectivity index (χ0n) is 16.2. The molecule has 2 aromatic rings. The van der Waals surface area contributed by atoms with Crippen molar-refractivity contribution in [3.05, 3.63) is 35.1 Å². The van der Waals surface area contributed by atoms with Gasteiger partial charge in [-0.15, -0.1) is 10.2 Å². The number of halogens is 1. The number of thioether (sulfide) groups is 1. The third-order valence-corrected chi connectivity index (χ3v) is 5.29. The summed E-state index contributed by atoms with van der Waals surface area (Å²) < 4.78 is 6.72. The van der Waals surface area contributed by atoms with Gasteiger partial charge in [0.15, 0.2) is 11.8 Å². The van der Waals surface area contributed by atoms with Crippen LogP contribution in [0, 0.1) is 29.6 Å². The highest BCUT2D eigenvalue weighted by Gasteiger charge is 2.17. The molecule has 0 unspecified atom stereocenters. The minimum atomic E-state index is -0.592. The lowest BCUT2D eigenvalue weighted by Gasteiger charge is -2.20. The molecule has 1 aromatic heterocycles. The van der Waals surface area contributed by atoms with Crippen LogP contribution in [0.2, 0.25) is 5.02 Å². The number of nitriles is 2. The number of carbonyl (C=O) groups excluding carboxylic acids is 2. The highest BCUT2D eigenvalue weighted by Crippen LogP contribution is 2.23. The van der Waals surface area contributed by atoms with Crippen molar-refractivity contribution in [1.29, 1.82) is 10.5 Å². The molecule has 0 radical (unpaired) electrons. The van der Waals surface area contributed by atoms with Crippen LogP contribution in [-0.2, 0) is 14.3 Å². The van der Waals surface area contributed by atoms with Crippen molar-refractivity contribution in [3.8, 4) is 17.8 Å². The summed E-state index contributed by atoms with van der Waals surface area (Å²) in [6, 6.07) is 9.40. The molecule has 0 saturated carbocycles. The van der Waals surface area contributed by atoms with E-state index in [1.165, 1.54) is 11.2 Å². The van der Waals surface area contributed by atoms with Gasteiger partial charge >= 0.3 is 5.97 Å². The maximum Gasteiger partial charge on any atom is 0.316 e. The van der Waals surface area contributed by atoms with Crippen molar-refractivity contribution < 1.29 is 14.3 Å². The van der Waals surface area contributed by atoms with E-state index in [4.69, 9.17) is 26.9 Å². The zero-order valence-corrected chi connectivity index (χ0v) is 17.8. The predicted molar refractivity (Wildman–Crippen MR) is 110 cm³/mol. The lowest BCUT2D eigenvalue weighted by atomic mass is 10.2. The fourth-order valence-corrected chi connectivity index (χ4v) is 3.26. The molecular weight excluding hydrogens is 428 g/mol. The third kappa shape index (κ3) is 6.76. The van der Waals surface area contributed by atoms with Gasteiger partial charge in [-0.05, 0) is 24.6 Å². The van der Waals surface area contributed by atoms with Crippen LogP contribution in [0.4, 0.5) is 0 Å². The summed E-state index contributed by atoms with van der Waals surface area (Å²) in [5.74, 6) is -1.11. The lowest BCUT2D eigenvalue weighted by Crippen LogP contribution is -2.36. The van der Waals surface area contributed by atoms with E-state index in [9.17, 15) is 9.59 Å². The molecule has 1 heterocycles. The van der Waals surface area contributed by atoms with Crippen molar-refractivity contribution in [2.45, 2.75) is 24.9 Å². The van der Waals surface area contributed by atoms with E-state index in [1.54, 1.807) is 10.6 Å². The molecule has 1 aromatic carbocycles. The van der Waals surface area contributed by atoms with E-state index in [2.05, 4.69) is 10.2 Å². The van der Waals surface area contributed by atoms with Crippen molar-refractivity contribution in [3.63, 3.8) is 0 Å². The van der Waals surface area contributed by atoms with Gasteiger partial charge in [-0.25, -0.2) is 0 Å². The Balaban J connectivity index is 1.89. The smallest absolute Gasteiger partial charge is 0.316 e. The molecule has 0 spiro atoms. The molecule has 0 aliphatic heterocycles. The van der Waals surface area contributed by atoms with Crippen LogP contribution in [0.5, 0.6) is 0 Å². The van der Waals surface area contributed by atoms with E-state index >= 15 is 0 Å². The third-order valence-electron chi connectivity index (χ3n) is 3.97. The fraction of sp³-hybridized carbons (Fsp3) is 0.368. The number of benzene rings is 1. The second kappa shape index (κ2) is 11.8. The predicted octanol–water partition coefficient (Wildman–Crippen LogP) is 2.52. The van der Waals surface area contributed by atoms with Crippen molar-refractivity contribution in [2.24, 2.45) is 0 Å². The minimum absolute atomic E-state index is 0.0675. The van der Waals surface area contributed by atoms with Crippen LogP contribution < -0.4 is 0 Å². The Morgan fingerprint density at radius 3 is 2.60 bits per heavy atom. The second-order valence-corrected chi connectivity index (χ2v) is 7.41. The second-order valence-electron chi connectivity index (χ2n) is 6.06. The van der Waals surface area contributed by atoms with E-state index in [0.29, 0.717) is 10.2 Å². The summed E-state index contributed by atoms with van der Waals surface area (Å²) >= 11 is 7.28. The average Bonchev–Trinajstić information content (AvgIpc) is 3.21. The zero-order chi connectivity index (χ0) is 21.9. The molecule has 0 saturated heterocycles. The van der Waals surface area contributed by atoms with E-state index in [-0.39, 0.29) is 31.7 Å². The van der Waals surface area contributed by atoms with Crippen LogP contribution in [0.1, 0.15) is 18.4 Å². The largest absolute Gasteiger partial charge is 0.455 e. The number of aryl methyl sites for hydroxylation is 1. The SMILES string of the molecule is Cc1ccc(-n2cnnc2SCC(=O)OCC(=O)N(CCC#N)CCC#N)cc1Cl. The summed E-state index contributed by atoms with van der Waals surface area (Å²) in [4.78, 5) is 25.6. The number of esters is 1. The van der Waals surface area contributed by atoms with Gasteiger partial charge in [0, 0.05) is 18.1 Å². The van der Waals surface area contributed by atoms with Crippen LogP contribution >= 0.6 is 23.4 Å². The Morgan fingerprint density at radius 2 is 1.97 bits per heavy atom. The van der Waals surface area contributed by atoms with Gasteiger partial charge < -0.3 is 9.64 Å². The van der Waals surface area contributed by atoms with Crippen LogP contribution in [0.25, 0.3) is 5.69 Å². The summed E-state index contributed by atoms with van der Waals surface area (Å²) in [7, 11) is 0. The monoisotopic (exact) mass is 446 g/mol. The first kappa shape index (κ1) is 23.2. The number of rotatable bonds is 10. The molecule has 0 atom stereocenters. The first-order valence-corrected chi connectivity index (χ1v) is 10.3. The highest BCUT2D eigenvalue weighted by atomic mass is 35.5. The molecule has 0 aliphatic rings. The topological polar surface area (TPSA) is 125 Å². The first-order chi connectivity index (χ1) is 14.5. The first-order valence-electron chi connectivity index (χ1n) is 8.93. The average molecular weight is 447 g/mol. The molecule has 0 fully saturated rings. The Morgan fingerprint density at radius 1 is 1.27 bits per heavy atom. The maximum atomic E-state index is 12.2. The van der Waals surface area contributed by atoms with Gasteiger partial charge in [0.05, 0.1) is 36.4 Å². The van der Waals surface area contributed by atoms with Gasteiger partial charge in [-0.1, -0.05) is 29.4 Å². The molecule has 0 bridgehead atoms. The van der Waals surface area contributed by atoms with E-state index in [0.717, 1.165) is 23.0 Å². The lowest BCUT2D eigenvalue weighted by molar-refractivity contribution is -0.149. The number of nitrogens with zero attached hydrogens (tertiary/aromatic N) is 6. The minimum Gasteiger partial charge on any atom is -0.455 e. The Hall–Kier alpha value is -3.08. The molecule has 0 N–H and O–H groups in total. The van der Waals surface area contributed by atoms with Gasteiger partial charge in [0.2, 0.25) is 0 Å². The molecule has 1 amide bonds. The quantitative estimate of drug-likeness (QED) is 0.402. The van der Waals surface area contributed by atoms with E-state index in [1.807, 2.05) is 31.2 Å². The molecule has 2 rings (SSSR count). The Bertz CT molecular complexity index is 963. The van der Waals surface area contributed by atoms with Crippen LogP contribution in [0.3, 0.4) is 0 Å². The van der Waals surface area contributed by atoms with Crippen molar-refractivity contribution >= 4 is 35.2 Å². The normalized spacial score (nSPS) is 10.1. The van der Waals surface area contributed by atoms with Crippen LogP contribution in [0.15, 0.2) is 29.7 Å². The molecule has 30 heavy (non-hydrogen) atoms. The summed E-state index contributed by atoms with van der Waals surface area (Å²) in [5, 5.41) is 26.3. The molecular formula is C19H19ClN6O3S. The van der Waals surface area contributed by atoms with Gasteiger partial charge in [0.1, 0.15) is 6.33 Å². The van der Waals surface area contributed by atoms with E-state index < -0.39 is 18.5 Å². The Kier molecular flexibility index (Phi) is 9.13. The highest BCUT2D eigenvalue weighted by molar-refractivity contribution is 7.99. The number of hydrogen-bond donors (Lipinski definition) is 0. The number of amides is 1. The number of aromatic nitrogens is 3. The maximum absolute atomic E-state index is 12.2. The molecule has 11 heteroatoms. The van der Waals surface area contributed by atoms with Crippen molar-refractivity contribution in [1.82, 2.24) is 19.7 Å². The van der Waals surface area contributed by atoms with Gasteiger partial charge in [-0.2, -0.15) is 10.5 Å². The van der Waals surface area contributed by atoms with Gasteiger partial charge in [0.25, 0.3) is 5.91 Å². The number of hydrogen-bond acceptors (Lipinski definition) is 8. The molecule has 156 valence electrons. The van der Waals surface area contributed by atoms with Gasteiger partial charge in [-0.3, -0.25) is 14.2 Å².